The number of aliphatic hydroxyl groups is 1. The Labute approximate surface area is 107 Å². The molecule has 2 aromatic rings. The van der Waals surface area contributed by atoms with E-state index in [9.17, 15) is 5.11 Å². The van der Waals surface area contributed by atoms with Crippen LogP contribution in [0, 0.1) is 0 Å². The highest BCUT2D eigenvalue weighted by Crippen LogP contribution is 2.22. The van der Waals surface area contributed by atoms with Crippen molar-refractivity contribution in [1.82, 2.24) is 4.98 Å². The van der Waals surface area contributed by atoms with Crippen LogP contribution in [-0.2, 0) is 6.42 Å². The number of methoxy groups -OCH3 is 1. The first-order valence-corrected chi connectivity index (χ1v) is 6.02. The fourth-order valence-electron chi connectivity index (χ4n) is 1.92. The van der Waals surface area contributed by atoms with E-state index in [1.165, 1.54) is 0 Å². The molecule has 0 spiro atoms. The summed E-state index contributed by atoms with van der Waals surface area (Å²) < 4.78 is 5.29. The fraction of sp³-hybridized carbons (Fsp3) is 0.267. The molecule has 0 aliphatic heterocycles. The van der Waals surface area contributed by atoms with Gasteiger partial charge in [0.25, 0.3) is 0 Å². The molecule has 0 aliphatic carbocycles. The molecule has 0 saturated carbocycles. The van der Waals surface area contributed by atoms with Crippen LogP contribution < -0.4 is 4.74 Å². The van der Waals surface area contributed by atoms with Crippen molar-refractivity contribution in [3.05, 3.63) is 59.9 Å². The van der Waals surface area contributed by atoms with E-state index < -0.39 is 6.10 Å². The van der Waals surface area contributed by atoms with Crippen LogP contribution in [0.3, 0.4) is 0 Å². The van der Waals surface area contributed by atoms with Gasteiger partial charge < -0.3 is 9.84 Å². The van der Waals surface area contributed by atoms with Gasteiger partial charge in [0.15, 0.2) is 0 Å². The summed E-state index contributed by atoms with van der Waals surface area (Å²) in [5.74, 6) is 0.866. The van der Waals surface area contributed by atoms with Gasteiger partial charge in [-0.1, -0.05) is 24.3 Å². The van der Waals surface area contributed by atoms with Gasteiger partial charge in [-0.15, -0.1) is 0 Å². The highest BCUT2D eigenvalue weighted by atomic mass is 16.5. The second kappa shape index (κ2) is 6.17. The first kappa shape index (κ1) is 12.6. The zero-order chi connectivity index (χ0) is 12.8. The average Bonchev–Trinajstić information content (AvgIpc) is 2.46. The molecule has 0 radical (unpaired) electrons. The van der Waals surface area contributed by atoms with Crippen LogP contribution in [0.25, 0.3) is 0 Å². The maximum Gasteiger partial charge on any atom is 0.122 e. The van der Waals surface area contributed by atoms with Gasteiger partial charge in [-0.2, -0.15) is 0 Å². The molecular formula is C15H17NO2. The van der Waals surface area contributed by atoms with Crippen LogP contribution >= 0.6 is 0 Å². The molecule has 94 valence electrons. The molecule has 1 N–H and O–H groups in total. The van der Waals surface area contributed by atoms with Crippen molar-refractivity contribution >= 4 is 0 Å². The molecule has 3 nitrogen and oxygen atoms in total. The lowest BCUT2D eigenvalue weighted by Gasteiger charge is -2.11. The number of rotatable bonds is 5. The van der Waals surface area contributed by atoms with Crippen molar-refractivity contribution in [1.29, 1.82) is 0 Å². The number of aromatic nitrogens is 1. The first-order chi connectivity index (χ1) is 8.81. The molecular weight excluding hydrogens is 226 g/mol. The number of hydrogen-bond donors (Lipinski definition) is 1. The molecule has 18 heavy (non-hydrogen) atoms. The number of nitrogens with zero attached hydrogens (tertiary/aromatic N) is 1. The van der Waals surface area contributed by atoms with Crippen LogP contribution in [0.5, 0.6) is 5.75 Å². The van der Waals surface area contributed by atoms with Gasteiger partial charge in [0, 0.05) is 6.20 Å². The van der Waals surface area contributed by atoms with Crippen molar-refractivity contribution < 1.29 is 9.84 Å². The molecule has 1 aromatic carbocycles. The molecule has 0 bridgehead atoms. The zero-order valence-electron chi connectivity index (χ0n) is 10.4. The summed E-state index contributed by atoms with van der Waals surface area (Å²) >= 11 is 0. The number of para-hydroxylation sites is 1. The van der Waals surface area contributed by atoms with Crippen LogP contribution in [0.2, 0.25) is 0 Å². The third-order valence-electron chi connectivity index (χ3n) is 2.91. The third-order valence-corrected chi connectivity index (χ3v) is 2.91. The monoisotopic (exact) mass is 243 g/mol. The van der Waals surface area contributed by atoms with Crippen LogP contribution in [0.15, 0.2) is 48.7 Å². The summed E-state index contributed by atoms with van der Waals surface area (Å²) in [5.41, 5.74) is 1.82. The smallest absolute Gasteiger partial charge is 0.122 e. The minimum atomic E-state index is -0.531. The van der Waals surface area contributed by atoms with Gasteiger partial charge in [-0.05, 0) is 36.6 Å². The predicted molar refractivity (Wildman–Crippen MR) is 70.5 cm³/mol. The normalized spacial score (nSPS) is 12.1. The highest BCUT2D eigenvalue weighted by molar-refractivity contribution is 5.33. The average molecular weight is 243 g/mol. The van der Waals surface area contributed by atoms with Gasteiger partial charge in [-0.25, -0.2) is 0 Å². The van der Waals surface area contributed by atoms with E-state index in [1.54, 1.807) is 13.3 Å². The number of aliphatic hydroxyl groups excluding tert-OH is 1. The number of ether oxygens (including phenoxy) is 1. The van der Waals surface area contributed by atoms with E-state index >= 15 is 0 Å². The summed E-state index contributed by atoms with van der Waals surface area (Å²) in [4.78, 5) is 4.15. The van der Waals surface area contributed by atoms with Crippen molar-refractivity contribution in [2.45, 2.75) is 18.9 Å². The Morgan fingerprint density at radius 3 is 2.67 bits per heavy atom. The molecule has 0 saturated heterocycles. The molecule has 1 heterocycles. The Hall–Kier alpha value is -1.87. The third kappa shape index (κ3) is 3.08. The van der Waals surface area contributed by atoms with Crippen molar-refractivity contribution in [3.8, 4) is 5.75 Å². The summed E-state index contributed by atoms with van der Waals surface area (Å²) in [6.07, 6.45) is 2.57. The minimum absolute atomic E-state index is 0.531. The molecule has 1 atom stereocenters. The maximum atomic E-state index is 10.0. The van der Waals surface area contributed by atoms with Crippen LogP contribution in [-0.4, -0.2) is 17.2 Å². The lowest BCUT2D eigenvalue weighted by molar-refractivity contribution is 0.163. The molecule has 0 unspecified atom stereocenters. The fourth-order valence-corrected chi connectivity index (χ4v) is 1.92. The van der Waals surface area contributed by atoms with E-state index in [2.05, 4.69) is 4.98 Å². The molecule has 3 heteroatoms. The second-order valence-electron chi connectivity index (χ2n) is 4.12. The second-order valence-corrected chi connectivity index (χ2v) is 4.12. The summed E-state index contributed by atoms with van der Waals surface area (Å²) in [7, 11) is 1.66. The minimum Gasteiger partial charge on any atom is -0.496 e. The van der Waals surface area contributed by atoms with E-state index in [-0.39, 0.29) is 0 Å². The standard InChI is InChI=1S/C15H17NO2/c1-18-15-8-3-2-6-12(15)9-10-14(17)13-7-4-5-11-16-13/h2-8,11,14,17H,9-10H2,1H3/t14-/m1/s1. The highest BCUT2D eigenvalue weighted by Gasteiger charge is 2.10. The van der Waals surface area contributed by atoms with E-state index in [0.29, 0.717) is 12.1 Å². The number of hydrogen-bond acceptors (Lipinski definition) is 3. The van der Waals surface area contributed by atoms with Crippen molar-refractivity contribution in [2.24, 2.45) is 0 Å². The Bertz CT molecular complexity index is 485. The summed E-state index contributed by atoms with van der Waals surface area (Å²) in [5, 5.41) is 10.0. The molecule has 2 rings (SSSR count). The molecule has 1 aromatic heterocycles. The molecule has 0 aliphatic rings. The zero-order valence-corrected chi connectivity index (χ0v) is 10.4. The first-order valence-electron chi connectivity index (χ1n) is 6.02. The van der Waals surface area contributed by atoms with Gasteiger partial charge in [0.1, 0.15) is 5.75 Å². The maximum absolute atomic E-state index is 10.0. The van der Waals surface area contributed by atoms with Crippen LogP contribution in [0.4, 0.5) is 0 Å². The van der Waals surface area contributed by atoms with Crippen LogP contribution in [0.1, 0.15) is 23.8 Å². The number of benzene rings is 1. The Kier molecular flexibility index (Phi) is 4.31. The lowest BCUT2D eigenvalue weighted by atomic mass is 10.0. The number of pyridine rings is 1. The Morgan fingerprint density at radius 2 is 1.94 bits per heavy atom. The SMILES string of the molecule is COc1ccccc1CC[C@@H](O)c1ccccn1. The molecule has 0 amide bonds. The summed E-state index contributed by atoms with van der Waals surface area (Å²) in [6.45, 7) is 0. The Balaban J connectivity index is 1.99. The van der Waals surface area contributed by atoms with Crippen molar-refractivity contribution in [2.75, 3.05) is 7.11 Å². The van der Waals surface area contributed by atoms with Gasteiger partial charge in [0.2, 0.25) is 0 Å². The quantitative estimate of drug-likeness (QED) is 0.878. The van der Waals surface area contributed by atoms with E-state index in [0.717, 1.165) is 17.7 Å². The van der Waals surface area contributed by atoms with Gasteiger partial charge >= 0.3 is 0 Å². The Morgan fingerprint density at radius 1 is 1.17 bits per heavy atom. The van der Waals surface area contributed by atoms with E-state index in [1.807, 2.05) is 42.5 Å². The predicted octanol–water partition coefficient (Wildman–Crippen LogP) is 2.76. The number of aryl methyl sites for hydroxylation is 1. The van der Waals surface area contributed by atoms with Crippen molar-refractivity contribution in [3.63, 3.8) is 0 Å². The summed E-state index contributed by atoms with van der Waals surface area (Å²) in [6, 6.07) is 13.4. The molecule has 0 fully saturated rings. The lowest BCUT2D eigenvalue weighted by Crippen LogP contribution is -2.02. The topological polar surface area (TPSA) is 42.4 Å². The largest absolute Gasteiger partial charge is 0.496 e. The van der Waals surface area contributed by atoms with Gasteiger partial charge in [-0.3, -0.25) is 4.98 Å². The van der Waals surface area contributed by atoms with Gasteiger partial charge in [0.05, 0.1) is 18.9 Å². The van der Waals surface area contributed by atoms with E-state index in [4.69, 9.17) is 4.74 Å².